The highest BCUT2D eigenvalue weighted by molar-refractivity contribution is 5.91. The number of ether oxygens (including phenoxy) is 2. The summed E-state index contributed by atoms with van der Waals surface area (Å²) in [5, 5.41) is 0. The first-order valence-electron chi connectivity index (χ1n) is 17.8. The van der Waals surface area contributed by atoms with Crippen molar-refractivity contribution in [3.8, 4) is 22.6 Å². The number of hydrogen-bond donors (Lipinski definition) is 0. The molecule has 5 aromatic rings. The minimum absolute atomic E-state index is 0.225. The van der Waals surface area contributed by atoms with Crippen molar-refractivity contribution in [3.63, 3.8) is 0 Å². The van der Waals surface area contributed by atoms with Gasteiger partial charge in [-0.25, -0.2) is 0 Å². The topological polar surface area (TPSA) is 52.6 Å². The normalized spacial score (nSPS) is 17.8. The number of fused-ring (bicyclic) bond motifs is 6. The number of rotatable bonds is 11. The van der Waals surface area contributed by atoms with Gasteiger partial charge in [-0.05, 0) is 107 Å². The number of benzene rings is 5. The van der Waals surface area contributed by atoms with Crippen molar-refractivity contribution in [2.24, 2.45) is 0 Å². The zero-order chi connectivity index (χ0) is 34.0. The van der Waals surface area contributed by atoms with E-state index in [-0.39, 0.29) is 30.2 Å². The van der Waals surface area contributed by atoms with Crippen molar-refractivity contribution in [1.82, 2.24) is 0 Å². The van der Waals surface area contributed by atoms with Gasteiger partial charge in [0, 0.05) is 23.7 Å². The summed E-state index contributed by atoms with van der Waals surface area (Å²) >= 11 is 0. The molecule has 0 aromatic heterocycles. The third-order valence-corrected chi connectivity index (χ3v) is 11.0. The van der Waals surface area contributed by atoms with Crippen molar-refractivity contribution < 1.29 is 19.1 Å². The second-order valence-corrected chi connectivity index (χ2v) is 13.7. The largest absolute Gasteiger partial charge is 0.427 e. The molecule has 4 nitrogen and oxygen atoms in total. The Kier molecular flexibility index (Phi) is 8.54. The van der Waals surface area contributed by atoms with Crippen LogP contribution in [0.15, 0.2) is 151 Å². The molecule has 0 radical (unpaired) electrons. The molecule has 5 aromatic carbocycles. The van der Waals surface area contributed by atoms with Crippen LogP contribution in [-0.2, 0) is 20.4 Å². The fraction of sp³-hybridized carbons (Fsp3) is 0.217. The summed E-state index contributed by atoms with van der Waals surface area (Å²) in [4.78, 5) is 26.9. The number of hydrogen-bond acceptors (Lipinski definition) is 4. The molecule has 0 saturated carbocycles. The Morgan fingerprint density at radius 2 is 0.880 bits per heavy atom. The van der Waals surface area contributed by atoms with Crippen LogP contribution < -0.4 is 9.47 Å². The molecule has 8 rings (SSSR count). The van der Waals surface area contributed by atoms with Crippen molar-refractivity contribution in [2.75, 3.05) is 0 Å². The highest BCUT2D eigenvalue weighted by Crippen LogP contribution is 2.60. The molecule has 50 heavy (non-hydrogen) atoms. The zero-order valence-electron chi connectivity index (χ0n) is 28.1. The second-order valence-electron chi connectivity index (χ2n) is 13.7. The molecule has 0 aliphatic heterocycles. The highest BCUT2D eigenvalue weighted by atomic mass is 16.5. The summed E-state index contributed by atoms with van der Waals surface area (Å²) in [5.41, 5.74) is 9.34. The molecule has 0 spiro atoms. The number of carbonyl (C=O) groups is 2. The highest BCUT2D eigenvalue weighted by Gasteiger charge is 2.49. The summed E-state index contributed by atoms with van der Waals surface area (Å²) < 4.78 is 11.6. The van der Waals surface area contributed by atoms with E-state index in [2.05, 4.69) is 84.9 Å². The van der Waals surface area contributed by atoms with Crippen LogP contribution in [-0.4, -0.2) is 11.9 Å². The molecule has 0 saturated heterocycles. The van der Waals surface area contributed by atoms with Gasteiger partial charge in [0.05, 0.1) is 0 Å². The number of allylic oxidation sites excluding steroid dienone is 4. The molecule has 4 heteroatoms. The van der Waals surface area contributed by atoms with Gasteiger partial charge in [-0.2, -0.15) is 0 Å². The standard InChI is InChI=1S/C46H40O4/c47-43(49-33-15-3-1-4-16-33)27-29-45(39-23-11-7-19-35(39)36-20-8-12-24-40(36)45)31-32-46(30-28-44(48)50-34-17-5-2-6-18-34)41-25-13-9-21-37(41)38-22-10-14-26-42(38)46/h1-9,11-13,15-26H,10,14,27-32H2. The van der Waals surface area contributed by atoms with Crippen LogP contribution in [0.1, 0.15) is 73.6 Å². The van der Waals surface area contributed by atoms with Crippen LogP contribution in [0.3, 0.4) is 0 Å². The van der Waals surface area contributed by atoms with Gasteiger partial charge in [-0.15, -0.1) is 0 Å². The van der Waals surface area contributed by atoms with Crippen LogP contribution in [0, 0.1) is 0 Å². The van der Waals surface area contributed by atoms with E-state index in [9.17, 15) is 9.59 Å². The second kappa shape index (κ2) is 13.4. The molecule has 0 N–H and O–H groups in total. The molecule has 3 aliphatic rings. The Balaban J connectivity index is 1.18. The fourth-order valence-electron chi connectivity index (χ4n) is 8.81. The summed E-state index contributed by atoms with van der Waals surface area (Å²) in [5.74, 6) is 0.668. The van der Waals surface area contributed by atoms with Crippen LogP contribution in [0.5, 0.6) is 11.5 Å². The number of esters is 2. The molecule has 3 aliphatic carbocycles. The van der Waals surface area contributed by atoms with Crippen LogP contribution in [0.25, 0.3) is 16.7 Å². The van der Waals surface area contributed by atoms with Gasteiger partial charge in [-0.1, -0.05) is 121 Å². The minimum atomic E-state index is -0.420. The lowest BCUT2D eigenvalue weighted by molar-refractivity contribution is -0.135. The van der Waals surface area contributed by atoms with E-state index in [0.717, 1.165) is 25.7 Å². The maximum Gasteiger partial charge on any atom is 0.311 e. The smallest absolute Gasteiger partial charge is 0.311 e. The van der Waals surface area contributed by atoms with Crippen molar-refractivity contribution in [1.29, 1.82) is 0 Å². The van der Waals surface area contributed by atoms with E-state index in [4.69, 9.17) is 9.47 Å². The van der Waals surface area contributed by atoms with Crippen molar-refractivity contribution >= 4 is 17.5 Å². The summed E-state index contributed by atoms with van der Waals surface area (Å²) in [6, 6.07) is 44.8. The van der Waals surface area contributed by atoms with Crippen LogP contribution in [0.2, 0.25) is 0 Å². The minimum Gasteiger partial charge on any atom is -0.427 e. The van der Waals surface area contributed by atoms with E-state index >= 15 is 0 Å². The third kappa shape index (κ3) is 5.69. The first-order chi connectivity index (χ1) is 24.6. The van der Waals surface area contributed by atoms with Gasteiger partial charge in [0.15, 0.2) is 0 Å². The van der Waals surface area contributed by atoms with Gasteiger partial charge in [0.2, 0.25) is 0 Å². The van der Waals surface area contributed by atoms with Crippen LogP contribution >= 0.6 is 0 Å². The molecule has 1 unspecified atom stereocenters. The Bertz CT molecular complexity index is 2060. The lowest BCUT2D eigenvalue weighted by atomic mass is 9.64. The van der Waals surface area contributed by atoms with Gasteiger partial charge in [0.1, 0.15) is 11.5 Å². The Hall–Kier alpha value is -5.48. The average Bonchev–Trinajstić information content (AvgIpc) is 3.61. The molecular weight excluding hydrogens is 617 g/mol. The Morgan fingerprint density at radius 3 is 1.44 bits per heavy atom. The third-order valence-electron chi connectivity index (χ3n) is 11.0. The summed E-state index contributed by atoms with van der Waals surface area (Å²) in [7, 11) is 0. The maximum absolute atomic E-state index is 13.5. The summed E-state index contributed by atoms with van der Waals surface area (Å²) in [6.07, 6.45) is 10.2. The van der Waals surface area contributed by atoms with E-state index < -0.39 is 5.41 Å². The van der Waals surface area contributed by atoms with Gasteiger partial charge < -0.3 is 9.47 Å². The predicted molar refractivity (Wildman–Crippen MR) is 198 cm³/mol. The predicted octanol–water partition coefficient (Wildman–Crippen LogP) is 10.6. The van der Waals surface area contributed by atoms with E-state index in [0.29, 0.717) is 24.3 Å². The van der Waals surface area contributed by atoms with E-state index in [1.165, 1.54) is 44.5 Å². The quantitative estimate of drug-likeness (QED) is 0.105. The lowest BCUT2D eigenvalue weighted by Crippen LogP contribution is -2.34. The average molecular weight is 657 g/mol. The van der Waals surface area contributed by atoms with Crippen molar-refractivity contribution in [2.45, 2.75) is 62.2 Å². The van der Waals surface area contributed by atoms with Crippen molar-refractivity contribution in [3.05, 3.63) is 173 Å². The zero-order valence-corrected chi connectivity index (χ0v) is 28.1. The van der Waals surface area contributed by atoms with Gasteiger partial charge >= 0.3 is 11.9 Å². The first kappa shape index (κ1) is 31.8. The molecule has 0 amide bonds. The number of carbonyl (C=O) groups excluding carboxylic acids is 2. The summed E-state index contributed by atoms with van der Waals surface area (Å²) in [6.45, 7) is 0. The Morgan fingerprint density at radius 1 is 0.460 bits per heavy atom. The molecule has 0 heterocycles. The van der Waals surface area contributed by atoms with E-state index in [1.807, 2.05) is 60.7 Å². The monoisotopic (exact) mass is 656 g/mol. The Labute approximate surface area is 294 Å². The van der Waals surface area contributed by atoms with Gasteiger partial charge in [0.25, 0.3) is 0 Å². The molecular formula is C46H40O4. The SMILES string of the molecule is O=C(CCC1(CCC2(CCC(=O)Oc3ccccc3)c3ccccc3-c3ccccc32)C2=CCCC=C2c2ccccc21)Oc1ccccc1. The molecule has 0 bridgehead atoms. The fourth-order valence-corrected chi connectivity index (χ4v) is 8.81. The van der Waals surface area contributed by atoms with Gasteiger partial charge in [-0.3, -0.25) is 9.59 Å². The first-order valence-corrected chi connectivity index (χ1v) is 17.8. The molecule has 0 fully saturated rings. The maximum atomic E-state index is 13.5. The van der Waals surface area contributed by atoms with E-state index in [1.54, 1.807) is 0 Å². The molecule has 248 valence electrons. The molecule has 1 atom stereocenters. The number of para-hydroxylation sites is 2. The lowest BCUT2D eigenvalue weighted by Gasteiger charge is -2.39. The van der Waals surface area contributed by atoms with Crippen LogP contribution in [0.4, 0.5) is 0 Å².